The SMILES string of the molecule is C=CCC(C)C(CC=C)CCCCCCCCCCCCCCCC. The zero-order valence-corrected chi connectivity index (χ0v) is 17.7. The van der Waals surface area contributed by atoms with Crippen LogP contribution in [0.2, 0.25) is 0 Å². The average molecular weight is 349 g/mol. The second-order valence-corrected chi connectivity index (χ2v) is 8.17. The summed E-state index contributed by atoms with van der Waals surface area (Å²) in [5.41, 5.74) is 0. The quantitative estimate of drug-likeness (QED) is 0.152. The molecule has 0 heteroatoms. The molecule has 0 nitrogen and oxygen atoms in total. The van der Waals surface area contributed by atoms with Gasteiger partial charge in [-0.2, -0.15) is 0 Å². The molecule has 0 saturated heterocycles. The zero-order valence-electron chi connectivity index (χ0n) is 17.7. The van der Waals surface area contributed by atoms with E-state index in [9.17, 15) is 0 Å². The molecule has 0 aliphatic rings. The number of rotatable bonds is 20. The summed E-state index contributed by atoms with van der Waals surface area (Å²) in [6.45, 7) is 12.5. The Kier molecular flexibility index (Phi) is 19.4. The van der Waals surface area contributed by atoms with Gasteiger partial charge in [-0.25, -0.2) is 0 Å². The minimum Gasteiger partial charge on any atom is -0.103 e. The van der Waals surface area contributed by atoms with E-state index in [2.05, 4.69) is 39.2 Å². The predicted molar refractivity (Wildman–Crippen MR) is 117 cm³/mol. The van der Waals surface area contributed by atoms with Crippen LogP contribution in [0.3, 0.4) is 0 Å². The van der Waals surface area contributed by atoms with Crippen molar-refractivity contribution in [2.75, 3.05) is 0 Å². The fraction of sp³-hybridized carbons (Fsp3) is 0.840. The number of allylic oxidation sites excluding steroid dienone is 2. The third kappa shape index (κ3) is 16.7. The molecule has 0 fully saturated rings. The van der Waals surface area contributed by atoms with Crippen LogP contribution in [0.15, 0.2) is 25.3 Å². The maximum atomic E-state index is 3.93. The van der Waals surface area contributed by atoms with Gasteiger partial charge in [0.05, 0.1) is 0 Å². The minimum absolute atomic E-state index is 0.762. The van der Waals surface area contributed by atoms with E-state index in [4.69, 9.17) is 0 Å². The van der Waals surface area contributed by atoms with Crippen molar-refractivity contribution >= 4 is 0 Å². The first-order valence-electron chi connectivity index (χ1n) is 11.5. The van der Waals surface area contributed by atoms with Gasteiger partial charge in [0.25, 0.3) is 0 Å². The molecule has 0 amide bonds. The van der Waals surface area contributed by atoms with E-state index in [0.29, 0.717) is 0 Å². The first kappa shape index (κ1) is 24.5. The van der Waals surface area contributed by atoms with Crippen LogP contribution in [0, 0.1) is 11.8 Å². The van der Waals surface area contributed by atoms with E-state index in [0.717, 1.165) is 18.3 Å². The lowest BCUT2D eigenvalue weighted by atomic mass is 9.84. The Bertz CT molecular complexity index is 278. The van der Waals surface area contributed by atoms with Gasteiger partial charge in [0.15, 0.2) is 0 Å². The smallest absolute Gasteiger partial charge is 0.0322 e. The highest BCUT2D eigenvalue weighted by atomic mass is 14.2. The predicted octanol–water partition coefficient (Wildman–Crippen LogP) is 9.26. The van der Waals surface area contributed by atoms with E-state index >= 15 is 0 Å². The van der Waals surface area contributed by atoms with Crippen LogP contribution >= 0.6 is 0 Å². The Balaban J connectivity index is 3.36. The van der Waals surface area contributed by atoms with Crippen LogP contribution in [0.1, 0.15) is 123 Å². The molecule has 2 atom stereocenters. The standard InChI is InChI=1S/C25H48/c1-5-8-9-10-11-12-13-14-15-16-17-18-19-20-23-25(22-7-3)24(4)21-6-2/h6-7,24-25H,2-3,5,8-23H2,1,4H3. The van der Waals surface area contributed by atoms with Gasteiger partial charge in [0.1, 0.15) is 0 Å². The van der Waals surface area contributed by atoms with Crippen molar-refractivity contribution in [3.05, 3.63) is 25.3 Å². The first-order valence-corrected chi connectivity index (χ1v) is 11.5. The maximum Gasteiger partial charge on any atom is -0.0322 e. The highest BCUT2D eigenvalue weighted by Crippen LogP contribution is 2.26. The molecule has 148 valence electrons. The van der Waals surface area contributed by atoms with Gasteiger partial charge < -0.3 is 0 Å². The summed E-state index contributed by atoms with van der Waals surface area (Å²) in [7, 11) is 0. The maximum absolute atomic E-state index is 3.93. The Hall–Kier alpha value is -0.520. The Morgan fingerprint density at radius 3 is 1.40 bits per heavy atom. The lowest BCUT2D eigenvalue weighted by Gasteiger charge is -2.21. The molecule has 2 unspecified atom stereocenters. The van der Waals surface area contributed by atoms with E-state index in [-0.39, 0.29) is 0 Å². The van der Waals surface area contributed by atoms with Gasteiger partial charge in [-0.15, -0.1) is 13.2 Å². The van der Waals surface area contributed by atoms with Crippen molar-refractivity contribution in [1.29, 1.82) is 0 Å². The summed E-state index contributed by atoms with van der Waals surface area (Å²) < 4.78 is 0. The summed E-state index contributed by atoms with van der Waals surface area (Å²) in [4.78, 5) is 0. The van der Waals surface area contributed by atoms with Crippen LogP contribution in [0.5, 0.6) is 0 Å². The summed E-state index contributed by atoms with van der Waals surface area (Å²) >= 11 is 0. The van der Waals surface area contributed by atoms with Gasteiger partial charge in [0, 0.05) is 0 Å². The summed E-state index contributed by atoms with van der Waals surface area (Å²) in [5, 5.41) is 0. The Morgan fingerprint density at radius 2 is 1.00 bits per heavy atom. The van der Waals surface area contributed by atoms with E-state index < -0.39 is 0 Å². The van der Waals surface area contributed by atoms with Crippen molar-refractivity contribution in [3.63, 3.8) is 0 Å². The molecule has 0 spiro atoms. The van der Waals surface area contributed by atoms with Crippen LogP contribution < -0.4 is 0 Å². The Labute approximate surface area is 160 Å². The second kappa shape index (κ2) is 19.8. The van der Waals surface area contributed by atoms with Gasteiger partial charge in [-0.3, -0.25) is 0 Å². The molecule has 0 bridgehead atoms. The molecule has 0 rings (SSSR count). The Morgan fingerprint density at radius 1 is 0.600 bits per heavy atom. The molecule has 0 aromatic carbocycles. The fourth-order valence-electron chi connectivity index (χ4n) is 3.91. The van der Waals surface area contributed by atoms with Crippen LogP contribution in [-0.4, -0.2) is 0 Å². The van der Waals surface area contributed by atoms with Gasteiger partial charge >= 0.3 is 0 Å². The van der Waals surface area contributed by atoms with Crippen molar-refractivity contribution in [3.8, 4) is 0 Å². The molecular formula is C25H48. The number of hydrogen-bond acceptors (Lipinski definition) is 0. The molecule has 0 saturated carbocycles. The first-order chi connectivity index (χ1) is 12.3. The van der Waals surface area contributed by atoms with E-state index in [1.165, 1.54) is 103 Å². The topological polar surface area (TPSA) is 0 Å². The van der Waals surface area contributed by atoms with E-state index in [1.54, 1.807) is 0 Å². The summed E-state index contributed by atoms with van der Waals surface area (Å²) in [6, 6.07) is 0. The van der Waals surface area contributed by atoms with Crippen LogP contribution in [0.4, 0.5) is 0 Å². The molecule has 0 aromatic rings. The fourth-order valence-corrected chi connectivity index (χ4v) is 3.91. The van der Waals surface area contributed by atoms with Gasteiger partial charge in [-0.1, -0.05) is 116 Å². The molecule has 0 aliphatic heterocycles. The minimum atomic E-state index is 0.762. The second-order valence-electron chi connectivity index (χ2n) is 8.17. The van der Waals surface area contributed by atoms with Crippen molar-refractivity contribution < 1.29 is 0 Å². The molecule has 25 heavy (non-hydrogen) atoms. The molecule has 0 N–H and O–H groups in total. The van der Waals surface area contributed by atoms with Crippen molar-refractivity contribution in [2.24, 2.45) is 11.8 Å². The normalized spacial score (nSPS) is 13.5. The van der Waals surface area contributed by atoms with Gasteiger partial charge in [-0.05, 0) is 31.1 Å². The zero-order chi connectivity index (χ0) is 18.6. The van der Waals surface area contributed by atoms with Crippen molar-refractivity contribution in [2.45, 2.75) is 123 Å². The molecular weight excluding hydrogens is 300 g/mol. The average Bonchev–Trinajstić information content (AvgIpc) is 2.61. The summed E-state index contributed by atoms with van der Waals surface area (Å²) in [5.74, 6) is 1.57. The van der Waals surface area contributed by atoms with E-state index in [1.807, 2.05) is 0 Å². The lowest BCUT2D eigenvalue weighted by Crippen LogP contribution is -2.10. The number of unbranched alkanes of at least 4 members (excludes halogenated alkanes) is 13. The molecule has 0 aliphatic carbocycles. The molecule has 0 radical (unpaired) electrons. The third-order valence-corrected chi connectivity index (χ3v) is 5.74. The molecule has 0 heterocycles. The number of hydrogen-bond donors (Lipinski definition) is 0. The summed E-state index contributed by atoms with van der Waals surface area (Å²) in [6.07, 6.45) is 28.1. The lowest BCUT2D eigenvalue weighted by molar-refractivity contribution is 0.328. The monoisotopic (exact) mass is 348 g/mol. The third-order valence-electron chi connectivity index (χ3n) is 5.74. The van der Waals surface area contributed by atoms with Gasteiger partial charge in [0.2, 0.25) is 0 Å². The highest BCUT2D eigenvalue weighted by molar-refractivity contribution is 4.81. The largest absolute Gasteiger partial charge is 0.103 e. The molecule has 0 aromatic heterocycles. The van der Waals surface area contributed by atoms with Crippen LogP contribution in [-0.2, 0) is 0 Å². The highest BCUT2D eigenvalue weighted by Gasteiger charge is 2.14. The van der Waals surface area contributed by atoms with Crippen molar-refractivity contribution in [1.82, 2.24) is 0 Å². The van der Waals surface area contributed by atoms with Crippen LogP contribution in [0.25, 0.3) is 0 Å².